The lowest BCUT2D eigenvalue weighted by molar-refractivity contribution is 0.0696. The average Bonchev–Trinajstić information content (AvgIpc) is 2.64. The van der Waals surface area contributed by atoms with Gasteiger partial charge in [-0.15, -0.1) is 0 Å². The number of morpholine rings is 1. The van der Waals surface area contributed by atoms with Gasteiger partial charge in [0, 0.05) is 30.5 Å². The molecule has 118 valence electrons. The van der Waals surface area contributed by atoms with Crippen LogP contribution in [0.1, 0.15) is 5.56 Å². The van der Waals surface area contributed by atoms with Crippen molar-refractivity contribution >= 4 is 28.5 Å². The Morgan fingerprint density at radius 3 is 2.22 bits per heavy atom. The molecule has 1 fully saturated rings. The van der Waals surface area contributed by atoms with Crippen molar-refractivity contribution in [3.63, 3.8) is 0 Å². The second kappa shape index (κ2) is 7.90. The van der Waals surface area contributed by atoms with Gasteiger partial charge in [0.25, 0.3) is 0 Å². The summed E-state index contributed by atoms with van der Waals surface area (Å²) in [6, 6.07) is 20.4. The van der Waals surface area contributed by atoms with E-state index in [9.17, 15) is 0 Å². The number of para-hydroxylation sites is 1. The first-order valence-electron chi connectivity index (χ1n) is 7.79. The zero-order valence-corrected chi connectivity index (χ0v) is 13.8. The van der Waals surface area contributed by atoms with Crippen LogP contribution in [0.5, 0.6) is 0 Å². The Morgan fingerprint density at radius 2 is 1.57 bits per heavy atom. The van der Waals surface area contributed by atoms with Crippen LogP contribution in [0.2, 0.25) is 0 Å². The van der Waals surface area contributed by atoms with Crippen molar-refractivity contribution in [1.82, 2.24) is 4.90 Å². The molecule has 3 nitrogen and oxygen atoms in total. The van der Waals surface area contributed by atoms with E-state index >= 15 is 0 Å². The van der Waals surface area contributed by atoms with Crippen LogP contribution < -0.4 is 5.32 Å². The molecule has 2 aromatic carbocycles. The molecular formula is C19H20N2OS. The van der Waals surface area contributed by atoms with Crippen molar-refractivity contribution in [1.29, 1.82) is 0 Å². The summed E-state index contributed by atoms with van der Waals surface area (Å²) in [4.78, 5) is 3.08. The van der Waals surface area contributed by atoms with E-state index in [1.165, 1.54) is 0 Å². The minimum atomic E-state index is 0.730. The van der Waals surface area contributed by atoms with E-state index in [-0.39, 0.29) is 0 Å². The number of benzene rings is 2. The molecular weight excluding hydrogens is 304 g/mol. The molecule has 4 heteroatoms. The summed E-state index contributed by atoms with van der Waals surface area (Å²) in [6.07, 6.45) is 2.00. The number of hydrogen-bond donors (Lipinski definition) is 1. The van der Waals surface area contributed by atoms with Crippen LogP contribution in [0.3, 0.4) is 0 Å². The average molecular weight is 324 g/mol. The molecule has 0 spiro atoms. The van der Waals surface area contributed by atoms with Crippen LogP contribution >= 0.6 is 12.2 Å². The molecule has 0 amide bonds. The normalized spacial score (nSPS) is 15.3. The summed E-state index contributed by atoms with van der Waals surface area (Å²) in [5.41, 5.74) is 3.20. The van der Waals surface area contributed by atoms with Crippen LogP contribution in [-0.4, -0.2) is 36.2 Å². The van der Waals surface area contributed by atoms with Gasteiger partial charge in [-0.3, -0.25) is 0 Å². The second-order valence-electron chi connectivity index (χ2n) is 5.34. The fraction of sp³-hybridized carbons (Fsp3) is 0.211. The van der Waals surface area contributed by atoms with Crippen molar-refractivity contribution in [3.8, 4) is 0 Å². The first-order valence-corrected chi connectivity index (χ1v) is 8.19. The van der Waals surface area contributed by atoms with E-state index in [0.717, 1.165) is 48.1 Å². The molecule has 1 heterocycles. The Balaban J connectivity index is 1.85. The first kappa shape index (κ1) is 15.7. The van der Waals surface area contributed by atoms with Crippen LogP contribution in [0.25, 0.3) is 5.57 Å². The largest absolute Gasteiger partial charge is 0.378 e. The van der Waals surface area contributed by atoms with Crippen molar-refractivity contribution in [3.05, 3.63) is 72.4 Å². The van der Waals surface area contributed by atoms with Crippen LogP contribution in [0.15, 0.2) is 66.9 Å². The van der Waals surface area contributed by atoms with E-state index in [1.807, 2.05) is 54.7 Å². The maximum Gasteiger partial charge on any atom is 0.111 e. The minimum Gasteiger partial charge on any atom is -0.378 e. The zero-order chi connectivity index (χ0) is 15.9. The quantitative estimate of drug-likeness (QED) is 0.683. The molecule has 0 bridgehead atoms. The van der Waals surface area contributed by atoms with Gasteiger partial charge in [0.2, 0.25) is 0 Å². The number of ether oxygens (including phenoxy) is 1. The molecule has 1 N–H and O–H groups in total. The smallest absolute Gasteiger partial charge is 0.111 e. The summed E-state index contributed by atoms with van der Waals surface area (Å²) < 4.78 is 5.43. The Morgan fingerprint density at radius 1 is 0.957 bits per heavy atom. The van der Waals surface area contributed by atoms with Crippen molar-refractivity contribution < 1.29 is 4.74 Å². The number of hydrogen-bond acceptors (Lipinski definition) is 3. The Kier molecular flexibility index (Phi) is 5.40. The van der Waals surface area contributed by atoms with Gasteiger partial charge in [0.05, 0.1) is 13.2 Å². The highest BCUT2D eigenvalue weighted by Gasteiger charge is 2.18. The number of rotatable bonds is 4. The third kappa shape index (κ3) is 4.18. The van der Waals surface area contributed by atoms with Gasteiger partial charge in [-0.2, -0.15) is 0 Å². The Hall–Kier alpha value is -2.17. The predicted molar refractivity (Wildman–Crippen MR) is 99.5 cm³/mol. The first-order chi connectivity index (χ1) is 11.3. The fourth-order valence-electron chi connectivity index (χ4n) is 2.51. The minimum absolute atomic E-state index is 0.730. The highest BCUT2D eigenvalue weighted by molar-refractivity contribution is 7.81. The summed E-state index contributed by atoms with van der Waals surface area (Å²) in [5.74, 6) is 0. The van der Waals surface area contributed by atoms with Gasteiger partial charge >= 0.3 is 0 Å². The lowest BCUT2D eigenvalue weighted by Crippen LogP contribution is -2.40. The van der Waals surface area contributed by atoms with Gasteiger partial charge in [0.1, 0.15) is 4.99 Å². The number of nitrogens with zero attached hydrogens (tertiary/aromatic N) is 1. The van der Waals surface area contributed by atoms with E-state index in [0.29, 0.717) is 0 Å². The number of nitrogens with one attached hydrogen (secondary N) is 1. The number of thiocarbonyl (C=S) groups is 1. The fourth-order valence-corrected chi connectivity index (χ4v) is 2.87. The highest BCUT2D eigenvalue weighted by Crippen LogP contribution is 2.20. The predicted octanol–water partition coefficient (Wildman–Crippen LogP) is 3.80. The Bertz CT molecular complexity index is 664. The zero-order valence-electron chi connectivity index (χ0n) is 12.9. The van der Waals surface area contributed by atoms with Gasteiger partial charge in [-0.1, -0.05) is 60.7 Å². The van der Waals surface area contributed by atoms with E-state index in [1.54, 1.807) is 0 Å². The summed E-state index contributed by atoms with van der Waals surface area (Å²) in [6.45, 7) is 3.14. The monoisotopic (exact) mass is 324 g/mol. The maximum absolute atomic E-state index is 5.75. The molecule has 3 rings (SSSR count). The van der Waals surface area contributed by atoms with Gasteiger partial charge in [0.15, 0.2) is 0 Å². The van der Waals surface area contributed by atoms with Gasteiger partial charge < -0.3 is 15.0 Å². The molecule has 2 aromatic rings. The Labute approximate surface area is 142 Å². The molecule has 0 unspecified atom stereocenters. The lowest BCUT2D eigenvalue weighted by Gasteiger charge is -2.30. The molecule has 0 aliphatic carbocycles. The van der Waals surface area contributed by atoms with Crippen LogP contribution in [0.4, 0.5) is 5.69 Å². The summed E-state index contributed by atoms with van der Waals surface area (Å²) >= 11 is 5.75. The third-order valence-electron chi connectivity index (χ3n) is 3.77. The van der Waals surface area contributed by atoms with Crippen molar-refractivity contribution in [2.75, 3.05) is 31.6 Å². The molecule has 23 heavy (non-hydrogen) atoms. The molecule has 1 saturated heterocycles. The van der Waals surface area contributed by atoms with Crippen LogP contribution in [-0.2, 0) is 4.74 Å². The molecule has 0 radical (unpaired) electrons. The van der Waals surface area contributed by atoms with E-state index in [2.05, 4.69) is 22.3 Å². The summed E-state index contributed by atoms with van der Waals surface area (Å²) in [7, 11) is 0. The van der Waals surface area contributed by atoms with Gasteiger partial charge in [-0.25, -0.2) is 0 Å². The SMILES string of the molecule is S=C(C(=CNc1ccccc1)c1ccccc1)N1CCOCC1. The van der Waals surface area contributed by atoms with Crippen molar-refractivity contribution in [2.45, 2.75) is 0 Å². The third-order valence-corrected chi connectivity index (χ3v) is 4.25. The second-order valence-corrected chi connectivity index (χ2v) is 5.73. The lowest BCUT2D eigenvalue weighted by atomic mass is 10.1. The number of anilines is 1. The van der Waals surface area contributed by atoms with Crippen LogP contribution in [0, 0.1) is 0 Å². The van der Waals surface area contributed by atoms with Crippen molar-refractivity contribution in [2.24, 2.45) is 0 Å². The molecule has 1 aliphatic heterocycles. The molecule has 0 atom stereocenters. The topological polar surface area (TPSA) is 24.5 Å². The molecule has 0 saturated carbocycles. The standard InChI is InChI=1S/C19H20N2OS/c23-19(21-11-13-22-14-12-21)18(16-7-3-1-4-8-16)15-20-17-9-5-2-6-10-17/h1-10,15,20H,11-14H2. The molecule has 1 aliphatic rings. The maximum atomic E-state index is 5.75. The van der Waals surface area contributed by atoms with Gasteiger partial charge in [-0.05, 0) is 17.7 Å². The van der Waals surface area contributed by atoms with E-state index < -0.39 is 0 Å². The van der Waals surface area contributed by atoms with E-state index in [4.69, 9.17) is 17.0 Å². The molecule has 0 aromatic heterocycles. The highest BCUT2D eigenvalue weighted by atomic mass is 32.1. The summed E-state index contributed by atoms with van der Waals surface area (Å²) in [5, 5.41) is 3.36.